The van der Waals surface area contributed by atoms with Crippen LogP contribution >= 0.6 is 0 Å². The van der Waals surface area contributed by atoms with Crippen LogP contribution in [0, 0.1) is 13.5 Å². The second-order valence-electron chi connectivity index (χ2n) is 12.1. The molecule has 9 aromatic rings. The van der Waals surface area contributed by atoms with Gasteiger partial charge in [-0.15, -0.1) is 0 Å². The minimum absolute atomic E-state index is 0.623. The zero-order chi connectivity index (χ0) is 31.5. The van der Waals surface area contributed by atoms with Crippen molar-refractivity contribution in [1.29, 1.82) is 0 Å². The molecule has 2 aromatic heterocycles. The molecule has 0 saturated carbocycles. The molecule has 0 aliphatic carbocycles. The maximum absolute atomic E-state index is 7.89. The molecule has 0 aliphatic heterocycles. The smallest absolute Gasteiger partial charge is 0.188 e. The Bertz CT molecular complexity index is 2650. The SMILES string of the molecule is [C-]#[N+]c1ccc(-n2c3ccccc3c3ccccc32)c(-c2ccc3c(c2)c2cc(-c4ccccc4)ccc2n3-c2ccccc2C)c1. The highest BCUT2D eigenvalue weighted by atomic mass is 15.0. The van der Waals surface area contributed by atoms with Crippen LogP contribution in [0.5, 0.6) is 0 Å². The van der Waals surface area contributed by atoms with Crippen LogP contribution in [0.3, 0.4) is 0 Å². The van der Waals surface area contributed by atoms with E-state index in [2.05, 4.69) is 166 Å². The van der Waals surface area contributed by atoms with Crippen LogP contribution in [0.2, 0.25) is 0 Å². The van der Waals surface area contributed by atoms with E-state index in [1.54, 1.807) is 0 Å². The number of aromatic nitrogens is 2. The monoisotopic (exact) mass is 599 g/mol. The highest BCUT2D eigenvalue weighted by molar-refractivity contribution is 6.13. The fourth-order valence-electron chi connectivity index (χ4n) is 7.28. The van der Waals surface area contributed by atoms with Gasteiger partial charge in [0.25, 0.3) is 0 Å². The van der Waals surface area contributed by atoms with Gasteiger partial charge in [-0.05, 0) is 89.3 Å². The van der Waals surface area contributed by atoms with Gasteiger partial charge >= 0.3 is 0 Å². The maximum Gasteiger partial charge on any atom is 0.188 e. The van der Waals surface area contributed by atoms with Crippen molar-refractivity contribution in [2.75, 3.05) is 0 Å². The van der Waals surface area contributed by atoms with Crippen LogP contribution in [0.1, 0.15) is 5.56 Å². The first-order valence-corrected chi connectivity index (χ1v) is 15.9. The van der Waals surface area contributed by atoms with Crippen LogP contribution in [0.25, 0.3) is 82.1 Å². The largest absolute Gasteiger partial charge is 0.309 e. The van der Waals surface area contributed by atoms with Crippen molar-refractivity contribution in [2.24, 2.45) is 0 Å². The van der Waals surface area contributed by atoms with Crippen LogP contribution in [0.15, 0.2) is 158 Å². The normalized spacial score (nSPS) is 11.5. The van der Waals surface area contributed by atoms with Gasteiger partial charge < -0.3 is 9.13 Å². The Balaban J connectivity index is 1.35. The summed E-state index contributed by atoms with van der Waals surface area (Å²) in [6, 6.07) is 56.0. The number of para-hydroxylation sites is 3. The molecule has 2 heterocycles. The predicted molar refractivity (Wildman–Crippen MR) is 197 cm³/mol. The summed E-state index contributed by atoms with van der Waals surface area (Å²) in [5.74, 6) is 0. The van der Waals surface area contributed by atoms with E-state index in [-0.39, 0.29) is 0 Å². The van der Waals surface area contributed by atoms with Gasteiger partial charge in [0, 0.05) is 27.2 Å². The molecule has 3 heteroatoms. The van der Waals surface area contributed by atoms with Gasteiger partial charge in [0.05, 0.1) is 34.3 Å². The number of rotatable bonds is 4. The topological polar surface area (TPSA) is 14.2 Å². The third kappa shape index (κ3) is 4.20. The van der Waals surface area contributed by atoms with Gasteiger partial charge in [-0.2, -0.15) is 0 Å². The van der Waals surface area contributed by atoms with E-state index in [0.717, 1.165) is 33.4 Å². The third-order valence-electron chi connectivity index (χ3n) is 9.47. The first-order valence-electron chi connectivity index (χ1n) is 15.9. The second kappa shape index (κ2) is 10.6. The Hall–Kier alpha value is -6.37. The summed E-state index contributed by atoms with van der Waals surface area (Å²) in [4.78, 5) is 3.85. The fraction of sp³-hybridized carbons (Fsp3) is 0.0227. The zero-order valence-corrected chi connectivity index (χ0v) is 25.9. The molecule has 0 radical (unpaired) electrons. The summed E-state index contributed by atoms with van der Waals surface area (Å²) in [7, 11) is 0. The van der Waals surface area contributed by atoms with Gasteiger partial charge in [-0.25, -0.2) is 4.85 Å². The minimum Gasteiger partial charge on any atom is -0.309 e. The quantitative estimate of drug-likeness (QED) is 0.179. The van der Waals surface area contributed by atoms with Gasteiger partial charge in [-0.1, -0.05) is 103 Å². The Morgan fingerprint density at radius 3 is 1.66 bits per heavy atom. The predicted octanol–water partition coefficient (Wildman–Crippen LogP) is 12.1. The summed E-state index contributed by atoms with van der Waals surface area (Å²) in [5, 5.41) is 4.81. The number of nitrogens with zero attached hydrogens (tertiary/aromatic N) is 3. The van der Waals surface area contributed by atoms with Crippen LogP contribution in [0.4, 0.5) is 5.69 Å². The van der Waals surface area contributed by atoms with E-state index < -0.39 is 0 Å². The molecule has 0 spiro atoms. The molecule has 3 nitrogen and oxygen atoms in total. The standard InChI is InChI=1S/C44H29N3/c1-29-12-6-9-17-39(29)46-43-23-20-31(30-13-4-3-5-14-30)26-37(43)38-27-32(21-24-44(38)46)36-28-33(45-2)22-25-42(36)47-40-18-10-7-15-34(40)35-16-8-11-19-41(35)47/h3-28H,1H3. The lowest BCUT2D eigenvalue weighted by molar-refractivity contribution is 1.15. The molecule has 0 N–H and O–H groups in total. The molecule has 0 unspecified atom stereocenters. The van der Waals surface area contributed by atoms with Crippen LogP contribution in [-0.2, 0) is 0 Å². The highest BCUT2D eigenvalue weighted by Gasteiger charge is 2.19. The molecule has 0 saturated heterocycles. The molecule has 0 bridgehead atoms. The molecular formula is C44H29N3. The third-order valence-corrected chi connectivity index (χ3v) is 9.47. The van der Waals surface area contributed by atoms with Crippen molar-refractivity contribution in [1.82, 2.24) is 9.13 Å². The van der Waals surface area contributed by atoms with Crippen LogP contribution in [-0.4, -0.2) is 9.13 Å². The van der Waals surface area contributed by atoms with E-state index in [9.17, 15) is 0 Å². The zero-order valence-electron chi connectivity index (χ0n) is 25.9. The number of benzene rings is 7. The Morgan fingerprint density at radius 2 is 0.979 bits per heavy atom. The average Bonchev–Trinajstić information content (AvgIpc) is 3.64. The lowest BCUT2D eigenvalue weighted by Gasteiger charge is -2.15. The van der Waals surface area contributed by atoms with Gasteiger partial charge in [-0.3, -0.25) is 0 Å². The highest BCUT2D eigenvalue weighted by Crippen LogP contribution is 2.41. The Kier molecular flexibility index (Phi) is 6.10. The van der Waals surface area contributed by atoms with E-state index in [4.69, 9.17) is 6.57 Å². The average molecular weight is 600 g/mol. The molecule has 0 aliphatic rings. The Morgan fingerprint density at radius 1 is 0.426 bits per heavy atom. The molecule has 0 fully saturated rings. The number of hydrogen-bond donors (Lipinski definition) is 0. The lowest BCUT2D eigenvalue weighted by atomic mass is 9.98. The Labute approximate surface area is 273 Å². The van der Waals surface area contributed by atoms with Crippen molar-refractivity contribution in [3.05, 3.63) is 175 Å². The molecular weight excluding hydrogens is 571 g/mol. The minimum atomic E-state index is 0.623. The van der Waals surface area contributed by atoms with Gasteiger partial charge in [0.1, 0.15) is 0 Å². The van der Waals surface area contributed by atoms with Crippen molar-refractivity contribution >= 4 is 49.3 Å². The summed E-state index contributed by atoms with van der Waals surface area (Å²) in [6.45, 7) is 10.1. The van der Waals surface area contributed by atoms with Gasteiger partial charge in [0.15, 0.2) is 5.69 Å². The number of fused-ring (bicyclic) bond motifs is 6. The van der Waals surface area contributed by atoms with Gasteiger partial charge in [0.2, 0.25) is 0 Å². The molecule has 9 rings (SSSR count). The van der Waals surface area contributed by atoms with E-state index in [1.807, 2.05) is 12.1 Å². The summed E-state index contributed by atoms with van der Waals surface area (Å²) in [6.07, 6.45) is 0. The van der Waals surface area contributed by atoms with Crippen LogP contribution < -0.4 is 0 Å². The van der Waals surface area contributed by atoms with E-state index in [1.165, 1.54) is 49.4 Å². The second-order valence-corrected chi connectivity index (χ2v) is 12.1. The number of aryl methyl sites for hydroxylation is 1. The van der Waals surface area contributed by atoms with E-state index >= 15 is 0 Å². The lowest BCUT2D eigenvalue weighted by Crippen LogP contribution is -1.98. The van der Waals surface area contributed by atoms with E-state index in [0.29, 0.717) is 5.69 Å². The molecule has 0 amide bonds. The number of hydrogen-bond acceptors (Lipinski definition) is 0. The van der Waals surface area contributed by atoms with Crippen molar-refractivity contribution in [3.8, 4) is 33.6 Å². The first-order chi connectivity index (χ1) is 23.2. The molecule has 220 valence electrons. The van der Waals surface area contributed by atoms with Crippen molar-refractivity contribution < 1.29 is 0 Å². The fourth-order valence-corrected chi connectivity index (χ4v) is 7.28. The molecule has 7 aromatic carbocycles. The summed E-state index contributed by atoms with van der Waals surface area (Å²) >= 11 is 0. The van der Waals surface area contributed by atoms with Crippen molar-refractivity contribution in [2.45, 2.75) is 6.92 Å². The first kappa shape index (κ1) is 27.0. The molecule has 47 heavy (non-hydrogen) atoms. The molecule has 0 atom stereocenters. The van der Waals surface area contributed by atoms with Crippen molar-refractivity contribution in [3.63, 3.8) is 0 Å². The summed E-state index contributed by atoms with van der Waals surface area (Å²) < 4.78 is 4.74. The summed E-state index contributed by atoms with van der Waals surface area (Å²) in [5.41, 5.74) is 13.2. The maximum atomic E-state index is 7.89.